The number of halogens is 1. The number of aromatic nitrogens is 1. The van der Waals surface area contributed by atoms with E-state index in [2.05, 4.69) is 10.3 Å². The van der Waals surface area contributed by atoms with E-state index in [1.165, 1.54) is 6.07 Å². The van der Waals surface area contributed by atoms with Crippen molar-refractivity contribution in [1.82, 2.24) is 10.3 Å². The summed E-state index contributed by atoms with van der Waals surface area (Å²) in [5, 5.41) is 13.0. The van der Waals surface area contributed by atoms with Crippen molar-refractivity contribution in [3.05, 3.63) is 65.6 Å². The van der Waals surface area contributed by atoms with Crippen LogP contribution in [0.4, 0.5) is 10.1 Å². The van der Waals surface area contributed by atoms with Crippen molar-refractivity contribution in [3.8, 4) is 5.75 Å². The van der Waals surface area contributed by atoms with Crippen molar-refractivity contribution in [2.45, 2.75) is 51.3 Å². The fourth-order valence-electron chi connectivity index (χ4n) is 3.83. The third kappa shape index (κ3) is 4.24. The highest BCUT2D eigenvalue weighted by molar-refractivity contribution is 5.93. The second-order valence-corrected chi connectivity index (χ2v) is 7.55. The van der Waals surface area contributed by atoms with Gasteiger partial charge in [-0.15, -0.1) is 0 Å². The maximum absolute atomic E-state index is 14.4. The number of nitrogens with one attached hydrogen (secondary N) is 1. The molecule has 1 fully saturated rings. The molecule has 1 aromatic heterocycles. The van der Waals surface area contributed by atoms with Crippen molar-refractivity contribution in [2.24, 2.45) is 0 Å². The summed E-state index contributed by atoms with van der Waals surface area (Å²) in [4.78, 5) is 18.8. The smallest absolute Gasteiger partial charge is 0.288 e. The van der Waals surface area contributed by atoms with Crippen LogP contribution in [0.5, 0.6) is 5.75 Å². The summed E-state index contributed by atoms with van der Waals surface area (Å²) >= 11 is 0. The van der Waals surface area contributed by atoms with Gasteiger partial charge in [-0.25, -0.2) is 4.39 Å². The summed E-state index contributed by atoms with van der Waals surface area (Å²) < 4.78 is 20.1. The number of rotatable bonds is 4. The second kappa shape index (κ2) is 8.21. The van der Waals surface area contributed by atoms with Crippen LogP contribution < -0.4 is 15.0 Å². The largest absolute Gasteiger partial charge is 0.445 e. The summed E-state index contributed by atoms with van der Waals surface area (Å²) in [6.07, 6.45) is 6.01. The molecule has 0 spiro atoms. The van der Waals surface area contributed by atoms with Crippen LogP contribution in [-0.4, -0.2) is 28.1 Å². The van der Waals surface area contributed by atoms with Gasteiger partial charge in [0.05, 0.1) is 24.0 Å². The molecule has 1 aliphatic heterocycles. The van der Waals surface area contributed by atoms with Crippen molar-refractivity contribution in [3.63, 3.8) is 0 Å². The highest BCUT2D eigenvalue weighted by atomic mass is 19.1. The average molecular weight is 397 g/mol. The van der Waals surface area contributed by atoms with Crippen LogP contribution in [0.1, 0.15) is 36.9 Å². The minimum absolute atomic E-state index is 0.00570. The fraction of sp³-hybridized carbons (Fsp3) is 0.364. The van der Waals surface area contributed by atoms with Crippen LogP contribution in [0.25, 0.3) is 0 Å². The summed E-state index contributed by atoms with van der Waals surface area (Å²) in [6, 6.07) is 8.18. The number of anilines is 1. The molecule has 7 heteroatoms. The van der Waals surface area contributed by atoms with Gasteiger partial charge in [0, 0.05) is 18.4 Å². The van der Waals surface area contributed by atoms with Crippen molar-refractivity contribution in [2.75, 3.05) is 4.90 Å². The van der Waals surface area contributed by atoms with E-state index in [-0.39, 0.29) is 17.6 Å². The van der Waals surface area contributed by atoms with Gasteiger partial charge in [-0.2, -0.15) is 0 Å². The summed E-state index contributed by atoms with van der Waals surface area (Å²) in [5.74, 6) is -0.962. The van der Waals surface area contributed by atoms with Crippen LogP contribution in [0, 0.1) is 12.7 Å². The predicted molar refractivity (Wildman–Crippen MR) is 107 cm³/mol. The summed E-state index contributed by atoms with van der Waals surface area (Å²) in [6.45, 7) is 2.34. The third-order valence-corrected chi connectivity index (χ3v) is 5.32. The summed E-state index contributed by atoms with van der Waals surface area (Å²) in [7, 11) is 0. The van der Waals surface area contributed by atoms with E-state index >= 15 is 0 Å². The van der Waals surface area contributed by atoms with Gasteiger partial charge in [-0.05, 0) is 49.6 Å². The molecular formula is C22H24FN3O3. The van der Waals surface area contributed by atoms with E-state index in [4.69, 9.17) is 4.74 Å². The van der Waals surface area contributed by atoms with Crippen LogP contribution in [0.3, 0.4) is 0 Å². The first-order chi connectivity index (χ1) is 14.0. The van der Waals surface area contributed by atoms with Crippen LogP contribution in [0.15, 0.2) is 48.5 Å². The molecule has 0 saturated heterocycles. The summed E-state index contributed by atoms with van der Waals surface area (Å²) in [5.41, 5.74) is 2.41. The number of nitrogens with zero attached hydrogens (tertiary/aromatic N) is 2. The number of hydrogen-bond acceptors (Lipinski definition) is 5. The maximum Gasteiger partial charge on any atom is 0.288 e. The molecule has 6 nitrogen and oxygen atoms in total. The minimum atomic E-state index is -0.572. The molecule has 2 aromatic rings. The van der Waals surface area contributed by atoms with Gasteiger partial charge < -0.3 is 20.1 Å². The van der Waals surface area contributed by atoms with Crippen molar-refractivity contribution < 1.29 is 19.0 Å². The highest BCUT2D eigenvalue weighted by Gasteiger charge is 2.30. The van der Waals surface area contributed by atoms with Crippen LogP contribution in [-0.2, 0) is 11.3 Å². The lowest BCUT2D eigenvalue weighted by molar-refractivity contribution is -0.121. The lowest BCUT2D eigenvalue weighted by atomic mass is 9.92. The average Bonchev–Trinajstić information content (AvgIpc) is 2.70. The molecule has 1 aliphatic carbocycles. The molecule has 0 bridgehead atoms. The minimum Gasteiger partial charge on any atom is -0.445 e. The van der Waals surface area contributed by atoms with E-state index < -0.39 is 17.8 Å². The molecule has 2 atom stereocenters. The van der Waals surface area contributed by atoms with E-state index in [1.54, 1.807) is 29.4 Å². The molecule has 1 aromatic carbocycles. The van der Waals surface area contributed by atoms with Crippen LogP contribution >= 0.6 is 0 Å². The predicted octanol–water partition coefficient (Wildman–Crippen LogP) is 3.19. The Morgan fingerprint density at radius 3 is 2.97 bits per heavy atom. The number of aliphatic hydroxyl groups excluding tert-OH is 1. The first kappa shape index (κ1) is 19.4. The van der Waals surface area contributed by atoms with Gasteiger partial charge in [0.25, 0.3) is 5.91 Å². The first-order valence-corrected chi connectivity index (χ1v) is 9.86. The van der Waals surface area contributed by atoms with E-state index in [0.29, 0.717) is 25.1 Å². The number of aliphatic hydroxyl groups is 1. The lowest BCUT2D eigenvalue weighted by Crippen LogP contribution is -2.46. The topological polar surface area (TPSA) is 74.7 Å². The quantitative estimate of drug-likeness (QED) is 0.829. The molecule has 29 heavy (non-hydrogen) atoms. The molecule has 1 saturated carbocycles. The Balaban J connectivity index is 1.61. The number of carbonyl (C=O) groups excluding carboxylic acids is 1. The van der Waals surface area contributed by atoms with Crippen molar-refractivity contribution >= 4 is 11.6 Å². The van der Waals surface area contributed by atoms with E-state index in [0.717, 1.165) is 24.1 Å². The Bertz CT molecular complexity index is 947. The third-order valence-electron chi connectivity index (χ3n) is 5.32. The number of benzene rings is 1. The number of pyridine rings is 1. The van der Waals surface area contributed by atoms with E-state index in [9.17, 15) is 14.3 Å². The Morgan fingerprint density at radius 1 is 1.34 bits per heavy atom. The monoisotopic (exact) mass is 397 g/mol. The second-order valence-electron chi connectivity index (χ2n) is 7.55. The number of amides is 1. The van der Waals surface area contributed by atoms with E-state index in [1.807, 2.05) is 19.1 Å². The molecule has 2 N–H and O–H groups in total. The number of para-hydroxylation sites is 1. The molecule has 0 radical (unpaired) electrons. The normalized spacial score (nSPS) is 21.1. The molecule has 152 valence electrons. The Kier molecular flexibility index (Phi) is 5.49. The Morgan fingerprint density at radius 2 is 2.17 bits per heavy atom. The standard InChI is InChI=1S/C22H24FN3O3/c1-14-11-15(9-10-24-14)12-26-13-20(29-21-16(23)5-4-7-18(21)26)22(28)25-17-6-2-3-8-19(17)27/h4-5,7,9-11,13,17,19,27H,2-3,6,8,12H2,1H3,(H,25,28)/t17-,19-/m0/s1. The maximum atomic E-state index is 14.4. The highest BCUT2D eigenvalue weighted by Crippen LogP contribution is 2.37. The SMILES string of the molecule is Cc1cc(CN2C=C(C(=O)N[C@H]3CCCC[C@@H]3O)Oc3c(F)cccc32)ccn1. The number of aryl methyl sites for hydroxylation is 1. The lowest BCUT2D eigenvalue weighted by Gasteiger charge is -2.31. The van der Waals surface area contributed by atoms with Crippen LogP contribution in [0.2, 0.25) is 0 Å². The number of fused-ring (bicyclic) bond motifs is 1. The van der Waals surface area contributed by atoms with Crippen molar-refractivity contribution in [1.29, 1.82) is 0 Å². The van der Waals surface area contributed by atoms with Gasteiger partial charge in [-0.3, -0.25) is 9.78 Å². The van der Waals surface area contributed by atoms with Gasteiger partial charge >= 0.3 is 0 Å². The Labute approximate surface area is 169 Å². The molecule has 4 rings (SSSR count). The number of ether oxygens (including phenoxy) is 1. The van der Waals surface area contributed by atoms with Gasteiger partial charge in [0.2, 0.25) is 5.76 Å². The zero-order valence-electron chi connectivity index (χ0n) is 16.3. The number of hydrogen-bond donors (Lipinski definition) is 2. The van der Waals surface area contributed by atoms with Gasteiger partial charge in [0.1, 0.15) is 0 Å². The first-order valence-electron chi connectivity index (χ1n) is 9.86. The fourth-order valence-corrected chi connectivity index (χ4v) is 3.83. The number of carbonyl (C=O) groups is 1. The van der Waals surface area contributed by atoms with Gasteiger partial charge in [-0.1, -0.05) is 18.9 Å². The molecular weight excluding hydrogens is 373 g/mol. The zero-order valence-corrected chi connectivity index (χ0v) is 16.3. The Hall–Kier alpha value is -2.93. The molecule has 0 unspecified atom stereocenters. The molecule has 1 amide bonds. The van der Waals surface area contributed by atoms with Gasteiger partial charge in [0.15, 0.2) is 11.6 Å². The zero-order chi connectivity index (χ0) is 20.4. The molecule has 2 heterocycles. The molecule has 2 aliphatic rings.